The second kappa shape index (κ2) is 9.53. The van der Waals surface area contributed by atoms with Gasteiger partial charge in [0.2, 0.25) is 0 Å². The van der Waals surface area contributed by atoms with E-state index in [0.29, 0.717) is 29.6 Å². The number of hydrogen-bond acceptors (Lipinski definition) is 5. The Morgan fingerprint density at radius 2 is 1.91 bits per heavy atom. The average Bonchev–Trinajstić information content (AvgIpc) is 3.27. The summed E-state index contributed by atoms with van der Waals surface area (Å²) in [6.45, 7) is 4.01. The summed E-state index contributed by atoms with van der Waals surface area (Å²) in [6, 6.07) is 19.1. The smallest absolute Gasteiger partial charge is 0.356 e. The van der Waals surface area contributed by atoms with E-state index in [1.165, 1.54) is 4.52 Å². The number of H-pyrrole nitrogens is 1. The van der Waals surface area contributed by atoms with E-state index in [-0.39, 0.29) is 17.9 Å². The molecule has 166 valence electrons. The van der Waals surface area contributed by atoms with Gasteiger partial charge in [0.15, 0.2) is 5.65 Å². The van der Waals surface area contributed by atoms with Gasteiger partial charge >= 0.3 is 5.97 Å². The lowest BCUT2D eigenvalue weighted by molar-refractivity contribution is 0.0519. The van der Waals surface area contributed by atoms with E-state index in [1.807, 2.05) is 49.4 Å². The number of nitrogens with one attached hydrogen (secondary N) is 1. The Bertz CT molecular complexity index is 1410. The number of fused-ring (bicyclic) bond motifs is 1. The fraction of sp³-hybridized carbons (Fsp3) is 0.231. The van der Waals surface area contributed by atoms with Crippen LogP contribution >= 0.6 is 0 Å². The van der Waals surface area contributed by atoms with Gasteiger partial charge in [-0.25, -0.2) is 14.3 Å². The number of hydrogen-bond donors (Lipinski definition) is 1. The molecule has 7 nitrogen and oxygen atoms in total. The molecule has 0 fully saturated rings. The summed E-state index contributed by atoms with van der Waals surface area (Å²) in [6.07, 6.45) is 1.92. The second-order valence-corrected chi connectivity index (χ2v) is 7.71. The van der Waals surface area contributed by atoms with Gasteiger partial charge in [0.05, 0.1) is 23.9 Å². The first-order valence-corrected chi connectivity index (χ1v) is 10.9. The molecule has 0 aliphatic heterocycles. The fourth-order valence-corrected chi connectivity index (χ4v) is 3.88. The van der Waals surface area contributed by atoms with Crippen LogP contribution in [0.25, 0.3) is 16.8 Å². The van der Waals surface area contributed by atoms with Gasteiger partial charge in [-0.2, -0.15) is 5.26 Å². The number of aromatic amines is 1. The highest BCUT2D eigenvalue weighted by molar-refractivity contribution is 5.88. The maximum absolute atomic E-state index is 13.3. The third kappa shape index (κ3) is 4.41. The number of carbonyl (C=O) groups is 1. The van der Waals surface area contributed by atoms with Crippen LogP contribution in [0.15, 0.2) is 59.4 Å². The number of ether oxygens (including phenoxy) is 1. The predicted molar refractivity (Wildman–Crippen MR) is 125 cm³/mol. The van der Waals surface area contributed by atoms with Crippen molar-refractivity contribution in [2.24, 2.45) is 0 Å². The lowest BCUT2D eigenvalue weighted by Crippen LogP contribution is -2.23. The van der Waals surface area contributed by atoms with Crippen LogP contribution in [0.5, 0.6) is 0 Å². The van der Waals surface area contributed by atoms with Crippen molar-refractivity contribution in [3.63, 3.8) is 0 Å². The molecular weight excluding hydrogens is 416 g/mol. The molecule has 0 bridgehead atoms. The molecule has 4 aromatic rings. The summed E-state index contributed by atoms with van der Waals surface area (Å²) in [5.41, 5.74) is 5.09. The summed E-state index contributed by atoms with van der Waals surface area (Å²) < 4.78 is 6.34. The van der Waals surface area contributed by atoms with Crippen molar-refractivity contribution in [3.8, 4) is 17.2 Å². The lowest BCUT2D eigenvalue weighted by Gasteiger charge is -2.10. The zero-order valence-corrected chi connectivity index (χ0v) is 18.6. The number of rotatable bonds is 7. The number of nitriles is 1. The summed E-state index contributed by atoms with van der Waals surface area (Å²) in [7, 11) is 0. The van der Waals surface area contributed by atoms with Crippen LogP contribution in [0.1, 0.15) is 53.1 Å². The van der Waals surface area contributed by atoms with Crippen LogP contribution in [0.2, 0.25) is 0 Å². The van der Waals surface area contributed by atoms with Gasteiger partial charge in [0.1, 0.15) is 5.69 Å². The van der Waals surface area contributed by atoms with Crippen molar-refractivity contribution in [2.75, 3.05) is 6.61 Å². The Hall–Kier alpha value is -4.18. The van der Waals surface area contributed by atoms with Crippen molar-refractivity contribution in [2.45, 2.75) is 33.1 Å². The van der Waals surface area contributed by atoms with Gasteiger partial charge in [-0.05, 0) is 36.1 Å². The molecule has 0 atom stereocenters. The molecular formula is C26H24N4O3. The zero-order valence-electron chi connectivity index (χ0n) is 18.6. The molecule has 0 saturated heterocycles. The summed E-state index contributed by atoms with van der Waals surface area (Å²) in [4.78, 5) is 30.0. The Labute approximate surface area is 191 Å². The highest BCUT2D eigenvalue weighted by Gasteiger charge is 2.18. The second-order valence-electron chi connectivity index (χ2n) is 7.71. The lowest BCUT2D eigenvalue weighted by atomic mass is 9.97. The number of carbonyl (C=O) groups excluding carboxylic acids is 1. The SMILES string of the molecule is CCCc1nc2cc(C(=O)OCC)[nH]n2c(=O)c1Cc1ccc(-c2ccccc2C#N)cc1. The van der Waals surface area contributed by atoms with Gasteiger partial charge in [-0.3, -0.25) is 9.89 Å². The monoisotopic (exact) mass is 440 g/mol. The molecule has 0 amide bonds. The van der Waals surface area contributed by atoms with E-state index in [1.54, 1.807) is 19.1 Å². The van der Waals surface area contributed by atoms with Crippen molar-refractivity contribution in [3.05, 3.63) is 93.0 Å². The third-order valence-electron chi connectivity index (χ3n) is 5.47. The molecule has 0 saturated carbocycles. The van der Waals surface area contributed by atoms with Gasteiger partial charge in [0, 0.05) is 18.1 Å². The molecule has 4 rings (SSSR count). The quantitative estimate of drug-likeness (QED) is 0.432. The van der Waals surface area contributed by atoms with E-state index < -0.39 is 5.97 Å². The summed E-state index contributed by atoms with van der Waals surface area (Å²) >= 11 is 0. The largest absolute Gasteiger partial charge is 0.461 e. The Kier molecular flexibility index (Phi) is 6.36. The van der Waals surface area contributed by atoms with Gasteiger partial charge in [-0.1, -0.05) is 55.8 Å². The normalized spacial score (nSPS) is 10.8. The molecule has 0 unspecified atom stereocenters. The van der Waals surface area contributed by atoms with Crippen LogP contribution in [0, 0.1) is 11.3 Å². The first kappa shape index (κ1) is 22.0. The molecule has 0 spiro atoms. The van der Waals surface area contributed by atoms with E-state index >= 15 is 0 Å². The average molecular weight is 441 g/mol. The molecule has 2 heterocycles. The van der Waals surface area contributed by atoms with Crippen LogP contribution in [-0.4, -0.2) is 27.2 Å². The molecule has 1 N–H and O–H groups in total. The predicted octanol–water partition coefficient (Wildman–Crippen LogP) is 4.28. The zero-order chi connectivity index (χ0) is 23.4. The van der Waals surface area contributed by atoms with E-state index in [0.717, 1.165) is 28.8 Å². The van der Waals surface area contributed by atoms with Crippen LogP contribution in [0.4, 0.5) is 0 Å². The topological polar surface area (TPSA) is 100 Å². The first-order chi connectivity index (χ1) is 16.0. The maximum atomic E-state index is 13.3. The van der Waals surface area contributed by atoms with Gasteiger partial charge < -0.3 is 4.74 Å². The van der Waals surface area contributed by atoms with Crippen LogP contribution in [0.3, 0.4) is 0 Å². The number of nitrogens with zero attached hydrogens (tertiary/aromatic N) is 3. The number of benzene rings is 2. The highest BCUT2D eigenvalue weighted by atomic mass is 16.5. The Balaban J connectivity index is 1.71. The summed E-state index contributed by atoms with van der Waals surface area (Å²) in [5.74, 6) is -0.519. The molecule has 0 radical (unpaired) electrons. The number of aryl methyl sites for hydroxylation is 1. The molecule has 2 aromatic heterocycles. The minimum Gasteiger partial charge on any atom is -0.461 e. The van der Waals surface area contributed by atoms with Crippen molar-refractivity contribution < 1.29 is 9.53 Å². The van der Waals surface area contributed by atoms with E-state index in [4.69, 9.17) is 4.74 Å². The fourth-order valence-electron chi connectivity index (χ4n) is 3.88. The molecule has 0 aliphatic carbocycles. The molecule has 7 heteroatoms. The molecule has 0 aliphatic rings. The third-order valence-corrected chi connectivity index (χ3v) is 5.47. The molecule has 2 aromatic carbocycles. The highest BCUT2D eigenvalue weighted by Crippen LogP contribution is 2.24. The van der Waals surface area contributed by atoms with Crippen LogP contribution in [-0.2, 0) is 17.6 Å². The van der Waals surface area contributed by atoms with Crippen molar-refractivity contribution in [1.29, 1.82) is 5.26 Å². The van der Waals surface area contributed by atoms with Crippen LogP contribution < -0.4 is 5.56 Å². The van der Waals surface area contributed by atoms with Crippen molar-refractivity contribution in [1.82, 2.24) is 14.6 Å². The summed E-state index contributed by atoms with van der Waals surface area (Å²) in [5, 5.41) is 12.2. The minimum atomic E-state index is -0.519. The number of aromatic nitrogens is 3. The van der Waals surface area contributed by atoms with Gasteiger partial charge in [-0.15, -0.1) is 0 Å². The molecule has 33 heavy (non-hydrogen) atoms. The van der Waals surface area contributed by atoms with Gasteiger partial charge in [0.25, 0.3) is 5.56 Å². The van der Waals surface area contributed by atoms with E-state index in [2.05, 4.69) is 16.2 Å². The maximum Gasteiger partial charge on any atom is 0.356 e. The minimum absolute atomic E-state index is 0.196. The van der Waals surface area contributed by atoms with Crippen molar-refractivity contribution >= 4 is 11.6 Å². The Morgan fingerprint density at radius 1 is 1.15 bits per heavy atom. The Morgan fingerprint density at radius 3 is 2.61 bits per heavy atom. The van der Waals surface area contributed by atoms with E-state index in [9.17, 15) is 14.9 Å². The standard InChI is InChI=1S/C26H24N4O3/c1-3-7-22-21(25(31)30-24(28-22)15-23(29-30)26(32)33-4-2)14-17-10-12-18(13-11-17)20-9-6-5-8-19(20)16-27/h5-6,8-13,15,29H,3-4,7,14H2,1-2H3. The first-order valence-electron chi connectivity index (χ1n) is 10.9. The number of esters is 1.